The first-order valence-electron chi connectivity index (χ1n) is 5.90. The molecule has 1 fully saturated rings. The average Bonchev–Trinajstić information content (AvgIpc) is 2.78. The third-order valence-electron chi connectivity index (χ3n) is 2.87. The molecular weight excluding hydrogens is 273 g/mol. The van der Waals surface area contributed by atoms with E-state index >= 15 is 0 Å². The van der Waals surface area contributed by atoms with E-state index in [4.69, 9.17) is 15.7 Å². The number of nitrogens with zero attached hydrogens (tertiary/aromatic N) is 2. The molecule has 0 aromatic carbocycles. The number of anilines is 1. The molecule has 19 heavy (non-hydrogen) atoms. The van der Waals surface area contributed by atoms with Gasteiger partial charge in [0.1, 0.15) is 11.9 Å². The zero-order valence-electron chi connectivity index (χ0n) is 10.1. The van der Waals surface area contributed by atoms with E-state index in [1.807, 2.05) is 0 Å². The van der Waals surface area contributed by atoms with Crippen LogP contribution in [0.2, 0.25) is 0 Å². The summed E-state index contributed by atoms with van der Waals surface area (Å²) < 4.78 is 13.5. The lowest BCUT2D eigenvalue weighted by molar-refractivity contribution is -0.129. The van der Waals surface area contributed by atoms with Crippen molar-refractivity contribution in [3.63, 3.8) is 0 Å². The van der Waals surface area contributed by atoms with Gasteiger partial charge in [-0.25, -0.2) is 14.2 Å². The normalized spacial score (nSPS) is 24.2. The number of halogens is 1. The lowest BCUT2D eigenvalue weighted by atomic mass is 9.96. The predicted octanol–water partition coefficient (Wildman–Crippen LogP) is 1.81. The smallest absolute Gasteiger partial charge is 0.360 e. The summed E-state index contributed by atoms with van der Waals surface area (Å²) >= 11 is 1.10. The summed E-state index contributed by atoms with van der Waals surface area (Å²) in [4.78, 5) is 19.9. The molecule has 2 atom stereocenters. The fourth-order valence-corrected chi connectivity index (χ4v) is 2.43. The van der Waals surface area contributed by atoms with Crippen LogP contribution in [0.5, 0.6) is 0 Å². The third kappa shape index (κ3) is 3.40. The van der Waals surface area contributed by atoms with Crippen LogP contribution in [-0.2, 0) is 9.63 Å². The first-order valence-corrected chi connectivity index (χ1v) is 6.78. The lowest BCUT2D eigenvalue weighted by Crippen LogP contribution is -2.28. The number of carboxylic acids is 1. The van der Waals surface area contributed by atoms with Crippen LogP contribution in [0.1, 0.15) is 31.4 Å². The van der Waals surface area contributed by atoms with Gasteiger partial charge in [-0.05, 0) is 19.3 Å². The first-order chi connectivity index (χ1) is 9.08. The van der Waals surface area contributed by atoms with E-state index in [0.29, 0.717) is 12.8 Å². The van der Waals surface area contributed by atoms with Gasteiger partial charge in [0.15, 0.2) is 11.2 Å². The van der Waals surface area contributed by atoms with Crippen molar-refractivity contribution in [1.82, 2.24) is 4.98 Å². The molecule has 2 rings (SSSR count). The highest BCUT2D eigenvalue weighted by Crippen LogP contribution is 2.24. The molecule has 0 radical (unpaired) electrons. The molecule has 1 aliphatic rings. The Bertz CT molecular complexity index is 491. The molecule has 104 valence electrons. The molecule has 0 spiro atoms. The van der Waals surface area contributed by atoms with E-state index in [1.54, 1.807) is 0 Å². The highest BCUT2D eigenvalue weighted by atomic mass is 32.1. The highest BCUT2D eigenvalue weighted by Gasteiger charge is 2.27. The molecule has 0 amide bonds. The van der Waals surface area contributed by atoms with Crippen molar-refractivity contribution in [3.05, 3.63) is 11.1 Å². The highest BCUT2D eigenvalue weighted by molar-refractivity contribution is 7.13. The van der Waals surface area contributed by atoms with Gasteiger partial charge in [-0.2, -0.15) is 0 Å². The number of hydrogen-bond donors (Lipinski definition) is 2. The van der Waals surface area contributed by atoms with Crippen LogP contribution in [0.4, 0.5) is 9.52 Å². The van der Waals surface area contributed by atoms with Crippen LogP contribution in [0.15, 0.2) is 10.5 Å². The van der Waals surface area contributed by atoms with Gasteiger partial charge in [-0.3, -0.25) is 0 Å². The second kappa shape index (κ2) is 5.96. The van der Waals surface area contributed by atoms with E-state index < -0.39 is 18.2 Å². The number of oxime groups is 1. The summed E-state index contributed by atoms with van der Waals surface area (Å²) in [5.41, 5.74) is 5.21. The number of aliphatic carboxylic acids is 1. The summed E-state index contributed by atoms with van der Waals surface area (Å²) in [5.74, 6) is -1.28. The van der Waals surface area contributed by atoms with Crippen molar-refractivity contribution in [1.29, 1.82) is 0 Å². The summed E-state index contributed by atoms with van der Waals surface area (Å²) in [5, 5.41) is 14.3. The molecule has 0 saturated heterocycles. The molecule has 6 nitrogen and oxygen atoms in total. The van der Waals surface area contributed by atoms with Gasteiger partial charge in [0, 0.05) is 5.38 Å². The summed E-state index contributed by atoms with van der Waals surface area (Å²) in [6, 6.07) is 0. The maximum Gasteiger partial charge on any atom is 0.360 e. The summed E-state index contributed by atoms with van der Waals surface area (Å²) in [6.45, 7) is 0. The number of nitrogens with two attached hydrogens (primary N) is 1. The van der Waals surface area contributed by atoms with E-state index in [9.17, 15) is 9.18 Å². The van der Waals surface area contributed by atoms with E-state index in [1.165, 1.54) is 5.38 Å². The van der Waals surface area contributed by atoms with Crippen molar-refractivity contribution in [2.75, 3.05) is 5.73 Å². The Morgan fingerprint density at radius 2 is 2.32 bits per heavy atom. The fourth-order valence-electron chi connectivity index (χ4n) is 1.88. The number of thiazole rings is 1. The van der Waals surface area contributed by atoms with E-state index in [0.717, 1.165) is 24.2 Å². The Kier molecular flexibility index (Phi) is 4.31. The van der Waals surface area contributed by atoms with Gasteiger partial charge in [0.05, 0.1) is 0 Å². The van der Waals surface area contributed by atoms with Crippen LogP contribution in [0, 0.1) is 0 Å². The second-order valence-corrected chi connectivity index (χ2v) is 5.15. The van der Waals surface area contributed by atoms with Crippen LogP contribution < -0.4 is 5.73 Å². The first kappa shape index (κ1) is 13.7. The van der Waals surface area contributed by atoms with Crippen LogP contribution >= 0.6 is 11.3 Å². The van der Waals surface area contributed by atoms with Crippen molar-refractivity contribution in [3.8, 4) is 0 Å². The van der Waals surface area contributed by atoms with Crippen molar-refractivity contribution >= 4 is 28.1 Å². The average molecular weight is 287 g/mol. The number of carbonyl (C=O) groups is 1. The SMILES string of the molecule is Nc1nc(/C(=N/OC2CCCCC2F)C(=O)O)cs1. The Morgan fingerprint density at radius 1 is 1.58 bits per heavy atom. The number of nitrogen functional groups attached to an aromatic ring is 1. The standard InChI is InChI=1S/C11H14FN3O3S/c12-6-3-1-2-4-8(6)18-15-9(10(16)17)7-5-19-11(13)14-7/h5-6,8H,1-4H2,(H2,13,14)(H,16,17)/b15-9-. The molecule has 1 aliphatic carbocycles. The minimum atomic E-state index is -1.28. The summed E-state index contributed by atoms with van der Waals surface area (Å²) in [6.07, 6.45) is 0.849. The Balaban J connectivity index is 2.11. The molecule has 8 heteroatoms. The molecule has 1 aromatic heterocycles. The number of rotatable bonds is 4. The molecule has 1 aromatic rings. The number of carboxylic acid groups (broad SMARTS) is 1. The quantitative estimate of drug-likeness (QED) is 0.650. The maximum atomic E-state index is 13.5. The Hall–Kier alpha value is -1.70. The van der Waals surface area contributed by atoms with Gasteiger partial charge in [-0.1, -0.05) is 11.6 Å². The van der Waals surface area contributed by atoms with Gasteiger partial charge >= 0.3 is 5.97 Å². The van der Waals surface area contributed by atoms with Gasteiger partial charge in [0.2, 0.25) is 5.71 Å². The summed E-state index contributed by atoms with van der Waals surface area (Å²) in [7, 11) is 0. The Morgan fingerprint density at radius 3 is 2.89 bits per heavy atom. The number of aromatic nitrogens is 1. The minimum absolute atomic E-state index is 0.126. The largest absolute Gasteiger partial charge is 0.476 e. The monoisotopic (exact) mass is 287 g/mol. The second-order valence-electron chi connectivity index (χ2n) is 4.26. The third-order valence-corrected chi connectivity index (χ3v) is 3.54. The molecule has 3 N–H and O–H groups in total. The fraction of sp³-hybridized carbons (Fsp3) is 0.545. The van der Waals surface area contributed by atoms with Crippen LogP contribution in [0.25, 0.3) is 0 Å². The van der Waals surface area contributed by atoms with Gasteiger partial charge < -0.3 is 15.7 Å². The molecular formula is C11H14FN3O3S. The zero-order chi connectivity index (χ0) is 13.8. The van der Waals surface area contributed by atoms with Crippen LogP contribution in [0.3, 0.4) is 0 Å². The van der Waals surface area contributed by atoms with Gasteiger partial charge in [0.25, 0.3) is 0 Å². The Labute approximate surface area is 113 Å². The predicted molar refractivity (Wildman–Crippen MR) is 68.9 cm³/mol. The number of alkyl halides is 1. The van der Waals surface area contributed by atoms with Crippen LogP contribution in [-0.4, -0.2) is 34.0 Å². The zero-order valence-corrected chi connectivity index (χ0v) is 10.9. The van der Waals surface area contributed by atoms with E-state index in [2.05, 4.69) is 10.1 Å². The van der Waals surface area contributed by atoms with E-state index in [-0.39, 0.29) is 16.5 Å². The molecule has 1 heterocycles. The molecule has 2 unspecified atom stereocenters. The molecule has 0 bridgehead atoms. The maximum absolute atomic E-state index is 13.5. The van der Waals surface area contributed by atoms with Crippen molar-refractivity contribution in [2.45, 2.75) is 38.0 Å². The van der Waals surface area contributed by atoms with Gasteiger partial charge in [-0.15, -0.1) is 11.3 Å². The lowest BCUT2D eigenvalue weighted by Gasteiger charge is -2.23. The topological polar surface area (TPSA) is 97.8 Å². The van der Waals surface area contributed by atoms with Crippen molar-refractivity contribution in [2.24, 2.45) is 5.16 Å². The minimum Gasteiger partial charge on any atom is -0.476 e. The molecule has 1 saturated carbocycles. The van der Waals surface area contributed by atoms with Crippen molar-refractivity contribution < 1.29 is 19.1 Å². The number of hydrogen-bond acceptors (Lipinski definition) is 6. The molecule has 0 aliphatic heterocycles.